The van der Waals surface area contributed by atoms with Crippen LogP contribution in [-0.4, -0.2) is 47.9 Å². The van der Waals surface area contributed by atoms with E-state index >= 15 is 0 Å². The van der Waals surface area contributed by atoms with E-state index in [0.717, 1.165) is 24.9 Å². The third-order valence-electron chi connectivity index (χ3n) is 7.57. The second kappa shape index (κ2) is 8.83. The molecule has 0 spiro atoms. The van der Waals surface area contributed by atoms with Crippen molar-refractivity contribution in [1.82, 2.24) is 14.4 Å². The predicted molar refractivity (Wildman–Crippen MR) is 133 cm³/mol. The zero-order valence-corrected chi connectivity index (χ0v) is 21.2. The number of fused-ring (bicyclic) bond motifs is 1. The molecule has 0 unspecified atom stereocenters. The van der Waals surface area contributed by atoms with Gasteiger partial charge in [-0.15, -0.1) is 11.3 Å². The Morgan fingerprint density at radius 1 is 1.14 bits per heavy atom. The van der Waals surface area contributed by atoms with E-state index in [4.69, 9.17) is 4.52 Å². The standard InChI is InChI=1S/C25H28N4O4S2/c1-16-13-19-5-2-3-8-21(19)29(16)25(30)18-9-11-28(12-10-18)35(31,32)22-14-20(15-34-22)23-26-24(33-27-23)17-6-4-7-17/h2-3,5,8,14-18H,4,6-7,9-13H2,1H3/t16-/m0/s1. The fourth-order valence-electron chi connectivity index (χ4n) is 5.31. The molecule has 3 aliphatic rings. The molecule has 0 N–H and O–H groups in total. The molecule has 1 atom stereocenters. The molecule has 2 aromatic heterocycles. The second-order valence-corrected chi connectivity index (χ2v) is 12.9. The number of para-hydroxylation sites is 1. The van der Waals surface area contributed by atoms with Gasteiger partial charge in [0.05, 0.1) is 0 Å². The summed E-state index contributed by atoms with van der Waals surface area (Å²) in [6.45, 7) is 2.75. The Morgan fingerprint density at radius 3 is 2.66 bits per heavy atom. The average Bonchev–Trinajstić information content (AvgIpc) is 3.56. The first kappa shape index (κ1) is 22.9. The molecule has 10 heteroatoms. The highest BCUT2D eigenvalue weighted by Crippen LogP contribution is 2.38. The van der Waals surface area contributed by atoms with Crippen LogP contribution in [0, 0.1) is 5.92 Å². The van der Waals surface area contributed by atoms with Crippen LogP contribution in [0.15, 0.2) is 44.4 Å². The number of nitrogens with zero attached hydrogens (tertiary/aromatic N) is 4. The number of aromatic nitrogens is 2. The summed E-state index contributed by atoms with van der Waals surface area (Å²) in [5.74, 6) is 1.35. The number of carbonyl (C=O) groups excluding carboxylic acids is 1. The van der Waals surface area contributed by atoms with Crippen molar-refractivity contribution < 1.29 is 17.7 Å². The number of benzene rings is 1. The van der Waals surface area contributed by atoms with Crippen LogP contribution < -0.4 is 4.90 Å². The third-order valence-corrected chi connectivity index (χ3v) is 10.9. The number of hydrogen-bond acceptors (Lipinski definition) is 7. The van der Waals surface area contributed by atoms with Crippen molar-refractivity contribution in [3.63, 3.8) is 0 Å². The van der Waals surface area contributed by atoms with Crippen molar-refractivity contribution in [1.29, 1.82) is 0 Å². The predicted octanol–water partition coefficient (Wildman–Crippen LogP) is 4.44. The number of hydrogen-bond donors (Lipinski definition) is 0. The highest BCUT2D eigenvalue weighted by molar-refractivity contribution is 7.91. The lowest BCUT2D eigenvalue weighted by Crippen LogP contribution is -2.46. The van der Waals surface area contributed by atoms with Crippen LogP contribution in [0.25, 0.3) is 11.4 Å². The van der Waals surface area contributed by atoms with Crippen molar-refractivity contribution in [3.05, 3.63) is 47.2 Å². The molecular weight excluding hydrogens is 484 g/mol. The molecule has 1 aliphatic carbocycles. The van der Waals surface area contributed by atoms with Crippen LogP contribution in [-0.2, 0) is 21.2 Å². The smallest absolute Gasteiger partial charge is 0.252 e. The van der Waals surface area contributed by atoms with Gasteiger partial charge in [-0.2, -0.15) is 9.29 Å². The van der Waals surface area contributed by atoms with Crippen LogP contribution in [0.3, 0.4) is 0 Å². The fraction of sp³-hybridized carbons (Fsp3) is 0.480. The summed E-state index contributed by atoms with van der Waals surface area (Å²) in [6, 6.07) is 9.81. The number of carbonyl (C=O) groups is 1. The van der Waals surface area contributed by atoms with E-state index in [1.165, 1.54) is 27.6 Å². The van der Waals surface area contributed by atoms with Gasteiger partial charge in [0.2, 0.25) is 17.6 Å². The Morgan fingerprint density at radius 2 is 1.91 bits per heavy atom. The normalized spacial score (nSPS) is 21.7. The van der Waals surface area contributed by atoms with Crippen LogP contribution in [0.5, 0.6) is 0 Å². The van der Waals surface area contributed by atoms with Crippen LogP contribution in [0.4, 0.5) is 5.69 Å². The molecule has 1 amide bonds. The molecule has 2 aliphatic heterocycles. The maximum Gasteiger partial charge on any atom is 0.252 e. The molecule has 0 radical (unpaired) electrons. The zero-order valence-electron chi connectivity index (χ0n) is 19.6. The quantitative estimate of drug-likeness (QED) is 0.501. The number of sulfonamides is 1. The molecule has 6 rings (SSSR count). The van der Waals surface area contributed by atoms with E-state index in [1.54, 1.807) is 11.4 Å². The minimum absolute atomic E-state index is 0.109. The highest BCUT2D eigenvalue weighted by Gasteiger charge is 2.38. The summed E-state index contributed by atoms with van der Waals surface area (Å²) in [6.07, 6.45) is 5.21. The van der Waals surface area contributed by atoms with Crippen molar-refractivity contribution in [2.24, 2.45) is 5.92 Å². The molecule has 0 bridgehead atoms. The van der Waals surface area contributed by atoms with E-state index in [-0.39, 0.29) is 22.1 Å². The van der Waals surface area contributed by atoms with Crippen molar-refractivity contribution in [3.8, 4) is 11.4 Å². The fourth-order valence-corrected chi connectivity index (χ4v) is 8.09. The third kappa shape index (κ3) is 4.01. The molecular formula is C25H28N4O4S2. The molecule has 8 nitrogen and oxygen atoms in total. The minimum Gasteiger partial charge on any atom is -0.339 e. The Bertz CT molecular complexity index is 1350. The molecule has 3 aromatic rings. The van der Waals surface area contributed by atoms with E-state index in [0.29, 0.717) is 49.1 Å². The van der Waals surface area contributed by atoms with Gasteiger partial charge in [0.25, 0.3) is 10.0 Å². The minimum atomic E-state index is -3.64. The van der Waals surface area contributed by atoms with Crippen LogP contribution >= 0.6 is 11.3 Å². The lowest BCUT2D eigenvalue weighted by molar-refractivity contribution is -0.123. The van der Waals surface area contributed by atoms with Gasteiger partial charge in [-0.25, -0.2) is 8.42 Å². The molecule has 1 saturated heterocycles. The summed E-state index contributed by atoms with van der Waals surface area (Å²) in [7, 11) is -3.64. The van der Waals surface area contributed by atoms with E-state index < -0.39 is 10.0 Å². The summed E-state index contributed by atoms with van der Waals surface area (Å²) in [4.78, 5) is 19.8. The van der Waals surface area contributed by atoms with Crippen molar-refractivity contribution in [2.75, 3.05) is 18.0 Å². The lowest BCUT2D eigenvalue weighted by Gasteiger charge is -2.33. The highest BCUT2D eigenvalue weighted by atomic mass is 32.2. The van der Waals surface area contributed by atoms with Crippen LogP contribution in [0.1, 0.15) is 56.4 Å². The maximum absolute atomic E-state index is 13.4. The Labute approximate surface area is 209 Å². The van der Waals surface area contributed by atoms with E-state index in [9.17, 15) is 13.2 Å². The first-order valence-corrected chi connectivity index (χ1v) is 14.6. The van der Waals surface area contributed by atoms with Gasteiger partial charge in [0.15, 0.2) is 0 Å². The number of piperidine rings is 1. The summed E-state index contributed by atoms with van der Waals surface area (Å²) >= 11 is 1.18. The van der Waals surface area contributed by atoms with Crippen molar-refractivity contribution >= 4 is 33.0 Å². The van der Waals surface area contributed by atoms with Gasteiger partial charge < -0.3 is 9.42 Å². The summed E-state index contributed by atoms with van der Waals surface area (Å²) < 4.78 is 33.8. The number of anilines is 1. The van der Waals surface area contributed by atoms with Gasteiger partial charge >= 0.3 is 0 Å². The lowest BCUT2D eigenvalue weighted by atomic mass is 9.85. The molecule has 1 aromatic carbocycles. The molecule has 35 heavy (non-hydrogen) atoms. The zero-order chi connectivity index (χ0) is 24.2. The van der Waals surface area contributed by atoms with Crippen molar-refractivity contribution in [2.45, 2.75) is 61.6 Å². The second-order valence-electron chi connectivity index (χ2n) is 9.81. The van der Waals surface area contributed by atoms with Gasteiger partial charge in [-0.1, -0.05) is 29.8 Å². The van der Waals surface area contributed by atoms with Gasteiger partial charge in [-0.05, 0) is 56.7 Å². The molecule has 4 heterocycles. The maximum atomic E-state index is 13.4. The first-order chi connectivity index (χ1) is 16.9. The Balaban J connectivity index is 1.12. The molecule has 184 valence electrons. The number of rotatable bonds is 5. The number of thiophene rings is 1. The first-order valence-electron chi connectivity index (χ1n) is 12.3. The average molecular weight is 513 g/mol. The number of amides is 1. The monoisotopic (exact) mass is 512 g/mol. The van der Waals surface area contributed by atoms with Gasteiger partial charge in [0, 0.05) is 47.6 Å². The van der Waals surface area contributed by atoms with Gasteiger partial charge in [0.1, 0.15) is 4.21 Å². The summed E-state index contributed by atoms with van der Waals surface area (Å²) in [5, 5.41) is 5.83. The SMILES string of the molecule is C[C@H]1Cc2ccccc2N1C(=O)C1CCN(S(=O)(=O)c2cc(-c3noc(C4CCC4)n3)cs2)CC1. The Hall–Kier alpha value is -2.56. The Kier molecular flexibility index (Phi) is 5.77. The van der Waals surface area contributed by atoms with Crippen LogP contribution in [0.2, 0.25) is 0 Å². The van der Waals surface area contributed by atoms with E-state index in [2.05, 4.69) is 23.1 Å². The van der Waals surface area contributed by atoms with Gasteiger partial charge in [-0.3, -0.25) is 4.79 Å². The topological polar surface area (TPSA) is 96.6 Å². The summed E-state index contributed by atoms with van der Waals surface area (Å²) in [5.41, 5.74) is 2.85. The largest absolute Gasteiger partial charge is 0.339 e. The molecule has 2 fully saturated rings. The molecule has 1 saturated carbocycles. The van der Waals surface area contributed by atoms with E-state index in [1.807, 2.05) is 23.1 Å².